The summed E-state index contributed by atoms with van der Waals surface area (Å²) in [7, 11) is 0. The number of para-hydroxylation sites is 1. The molecule has 1 aliphatic heterocycles. The predicted octanol–water partition coefficient (Wildman–Crippen LogP) is 3.29. The minimum atomic E-state index is -0.640. The van der Waals surface area contributed by atoms with Crippen molar-refractivity contribution in [1.82, 2.24) is 15.2 Å². The standard InChI is InChI=1S/C27H24N4O3/c1-16-10-12-17(13-11-16)25-24(20-8-4-5-9-21(20)30-25)26-18-6-2-3-7-19(18)27(34)31(26)15-23(33)29-14-22(28)32/h2-13,26,30H,14-15H2,1H3,(H2,28,32)(H,29,33). The molecular formula is C27H24N4O3. The Kier molecular flexibility index (Phi) is 5.37. The van der Waals surface area contributed by atoms with Crippen molar-refractivity contribution >= 4 is 28.6 Å². The number of carbonyl (C=O) groups excluding carboxylic acids is 3. The van der Waals surface area contributed by atoms with Crippen molar-refractivity contribution in [3.63, 3.8) is 0 Å². The molecule has 170 valence electrons. The van der Waals surface area contributed by atoms with Crippen molar-refractivity contribution in [2.75, 3.05) is 13.1 Å². The zero-order valence-corrected chi connectivity index (χ0v) is 18.7. The van der Waals surface area contributed by atoms with Crippen LogP contribution in [-0.4, -0.2) is 40.7 Å². The van der Waals surface area contributed by atoms with Crippen LogP contribution < -0.4 is 11.1 Å². The Bertz CT molecular complexity index is 1420. The maximum Gasteiger partial charge on any atom is 0.255 e. The number of benzene rings is 3. The Balaban J connectivity index is 1.68. The Labute approximate surface area is 196 Å². The first-order valence-electron chi connectivity index (χ1n) is 11.1. The Morgan fingerprint density at radius 1 is 1.00 bits per heavy atom. The minimum absolute atomic E-state index is 0.196. The minimum Gasteiger partial charge on any atom is -0.368 e. The number of nitrogens with one attached hydrogen (secondary N) is 2. The number of H-pyrrole nitrogens is 1. The highest BCUT2D eigenvalue weighted by atomic mass is 16.2. The third-order valence-electron chi connectivity index (χ3n) is 6.19. The van der Waals surface area contributed by atoms with E-state index in [4.69, 9.17) is 5.73 Å². The van der Waals surface area contributed by atoms with Crippen LogP contribution in [0.5, 0.6) is 0 Å². The molecule has 1 aliphatic rings. The molecule has 4 aromatic rings. The average Bonchev–Trinajstić information content (AvgIpc) is 3.34. The molecule has 0 fully saturated rings. The monoisotopic (exact) mass is 452 g/mol. The topological polar surface area (TPSA) is 108 Å². The highest BCUT2D eigenvalue weighted by Crippen LogP contribution is 2.45. The second kappa shape index (κ2) is 8.51. The quantitative estimate of drug-likeness (QED) is 0.418. The van der Waals surface area contributed by atoms with E-state index in [1.807, 2.05) is 61.5 Å². The molecule has 0 spiro atoms. The normalized spacial score (nSPS) is 14.9. The van der Waals surface area contributed by atoms with Crippen LogP contribution in [0.1, 0.15) is 33.1 Å². The van der Waals surface area contributed by atoms with Gasteiger partial charge >= 0.3 is 0 Å². The van der Waals surface area contributed by atoms with Gasteiger partial charge in [-0.05, 0) is 30.2 Å². The van der Waals surface area contributed by atoms with Crippen LogP contribution in [0.4, 0.5) is 0 Å². The fraction of sp³-hybridized carbons (Fsp3) is 0.148. The number of carbonyl (C=O) groups is 3. The third kappa shape index (κ3) is 3.71. The Morgan fingerprint density at radius 3 is 2.47 bits per heavy atom. The van der Waals surface area contributed by atoms with E-state index >= 15 is 0 Å². The summed E-state index contributed by atoms with van der Waals surface area (Å²) < 4.78 is 0. The number of fused-ring (bicyclic) bond motifs is 2. The smallest absolute Gasteiger partial charge is 0.255 e. The molecule has 34 heavy (non-hydrogen) atoms. The average molecular weight is 453 g/mol. The highest BCUT2D eigenvalue weighted by Gasteiger charge is 2.40. The summed E-state index contributed by atoms with van der Waals surface area (Å²) in [5.41, 5.74) is 11.5. The molecule has 0 radical (unpaired) electrons. The molecule has 4 N–H and O–H groups in total. The number of amides is 3. The molecule has 5 rings (SSSR count). The van der Waals surface area contributed by atoms with Gasteiger partial charge in [0.2, 0.25) is 11.8 Å². The maximum absolute atomic E-state index is 13.4. The summed E-state index contributed by atoms with van der Waals surface area (Å²) in [5.74, 6) is -1.31. The molecule has 0 saturated heterocycles. The summed E-state index contributed by atoms with van der Waals surface area (Å²) in [4.78, 5) is 42.3. The molecule has 7 heteroatoms. The first kappa shape index (κ1) is 21.5. The molecule has 1 atom stereocenters. The fourth-order valence-electron chi connectivity index (χ4n) is 4.64. The second-order valence-corrected chi connectivity index (χ2v) is 8.49. The first-order valence-corrected chi connectivity index (χ1v) is 11.1. The summed E-state index contributed by atoms with van der Waals surface area (Å²) in [6.07, 6.45) is 0. The summed E-state index contributed by atoms with van der Waals surface area (Å²) in [5, 5.41) is 3.48. The molecule has 0 aliphatic carbocycles. The van der Waals surface area contributed by atoms with Gasteiger partial charge in [0.25, 0.3) is 5.91 Å². The van der Waals surface area contributed by atoms with E-state index in [-0.39, 0.29) is 19.0 Å². The maximum atomic E-state index is 13.4. The molecule has 2 heterocycles. The first-order chi connectivity index (χ1) is 16.4. The SMILES string of the molecule is Cc1ccc(-c2[nH]c3ccccc3c2C2c3ccccc3C(=O)N2CC(=O)NCC(N)=O)cc1. The van der Waals surface area contributed by atoms with E-state index < -0.39 is 17.9 Å². The largest absolute Gasteiger partial charge is 0.368 e. The van der Waals surface area contributed by atoms with Gasteiger partial charge in [-0.3, -0.25) is 14.4 Å². The Morgan fingerprint density at radius 2 is 1.71 bits per heavy atom. The van der Waals surface area contributed by atoms with Crippen molar-refractivity contribution < 1.29 is 14.4 Å². The summed E-state index contributed by atoms with van der Waals surface area (Å²) >= 11 is 0. The van der Waals surface area contributed by atoms with Crippen molar-refractivity contribution in [3.8, 4) is 11.3 Å². The van der Waals surface area contributed by atoms with Crippen LogP contribution in [0.15, 0.2) is 72.8 Å². The molecule has 0 bridgehead atoms. The summed E-state index contributed by atoms with van der Waals surface area (Å²) in [6, 6.07) is 23.1. The van der Waals surface area contributed by atoms with Crippen molar-refractivity contribution in [1.29, 1.82) is 0 Å². The number of aromatic amines is 1. The molecule has 0 saturated carbocycles. The highest BCUT2D eigenvalue weighted by molar-refractivity contribution is 6.03. The number of hydrogen-bond donors (Lipinski definition) is 3. The lowest BCUT2D eigenvalue weighted by molar-refractivity contribution is -0.125. The molecule has 1 aromatic heterocycles. The van der Waals surface area contributed by atoms with E-state index in [0.717, 1.165) is 38.9 Å². The van der Waals surface area contributed by atoms with E-state index in [1.165, 1.54) is 0 Å². The van der Waals surface area contributed by atoms with Crippen molar-refractivity contribution in [2.24, 2.45) is 5.73 Å². The van der Waals surface area contributed by atoms with Crippen LogP contribution in [0.2, 0.25) is 0 Å². The van der Waals surface area contributed by atoms with Crippen molar-refractivity contribution in [3.05, 3.63) is 95.1 Å². The van der Waals surface area contributed by atoms with E-state index in [9.17, 15) is 14.4 Å². The number of primary amides is 1. The van der Waals surface area contributed by atoms with Gasteiger partial charge in [-0.1, -0.05) is 66.2 Å². The van der Waals surface area contributed by atoms with Crippen LogP contribution in [0.3, 0.4) is 0 Å². The van der Waals surface area contributed by atoms with Crippen LogP contribution in [0.25, 0.3) is 22.2 Å². The van der Waals surface area contributed by atoms with Gasteiger partial charge in [0.05, 0.1) is 18.3 Å². The number of rotatable bonds is 6. The van der Waals surface area contributed by atoms with E-state index in [1.54, 1.807) is 11.0 Å². The molecule has 3 amide bonds. The van der Waals surface area contributed by atoms with E-state index in [0.29, 0.717) is 5.56 Å². The lowest BCUT2D eigenvalue weighted by Gasteiger charge is -2.26. The molecule has 1 unspecified atom stereocenters. The number of aryl methyl sites for hydroxylation is 1. The molecular weight excluding hydrogens is 428 g/mol. The van der Waals surface area contributed by atoms with Gasteiger partial charge in [-0.2, -0.15) is 0 Å². The number of nitrogens with two attached hydrogens (primary N) is 1. The zero-order chi connectivity index (χ0) is 23.8. The van der Waals surface area contributed by atoms with Crippen LogP contribution >= 0.6 is 0 Å². The molecule has 3 aromatic carbocycles. The Hall–Kier alpha value is -4.39. The van der Waals surface area contributed by atoms with Gasteiger partial charge in [-0.15, -0.1) is 0 Å². The van der Waals surface area contributed by atoms with Gasteiger partial charge in [0.15, 0.2) is 0 Å². The van der Waals surface area contributed by atoms with Gasteiger partial charge in [0.1, 0.15) is 6.54 Å². The van der Waals surface area contributed by atoms with Crippen LogP contribution in [0, 0.1) is 6.92 Å². The zero-order valence-electron chi connectivity index (χ0n) is 18.7. The predicted molar refractivity (Wildman–Crippen MR) is 130 cm³/mol. The van der Waals surface area contributed by atoms with Crippen molar-refractivity contribution in [2.45, 2.75) is 13.0 Å². The summed E-state index contributed by atoms with van der Waals surface area (Å²) in [6.45, 7) is 1.56. The van der Waals surface area contributed by atoms with Gasteiger partial charge < -0.3 is 20.9 Å². The second-order valence-electron chi connectivity index (χ2n) is 8.49. The molecule has 7 nitrogen and oxygen atoms in total. The fourth-order valence-corrected chi connectivity index (χ4v) is 4.64. The van der Waals surface area contributed by atoms with Gasteiger partial charge in [-0.25, -0.2) is 0 Å². The van der Waals surface area contributed by atoms with E-state index in [2.05, 4.69) is 22.4 Å². The number of nitrogens with zero attached hydrogens (tertiary/aromatic N) is 1. The third-order valence-corrected chi connectivity index (χ3v) is 6.19. The number of hydrogen-bond acceptors (Lipinski definition) is 3. The number of aromatic nitrogens is 1. The van der Waals surface area contributed by atoms with Gasteiger partial charge in [0, 0.05) is 22.0 Å². The lowest BCUT2D eigenvalue weighted by Crippen LogP contribution is -2.42. The lowest BCUT2D eigenvalue weighted by atomic mass is 9.93. The van der Waals surface area contributed by atoms with Crippen LogP contribution in [-0.2, 0) is 9.59 Å².